The lowest BCUT2D eigenvalue weighted by Gasteiger charge is -2.08. The molecule has 10 heteroatoms. The fourth-order valence-corrected chi connectivity index (χ4v) is 2.90. The second-order valence-electron chi connectivity index (χ2n) is 5.31. The molecular weight excluding hydrogens is 342 g/mol. The molecule has 2 N–H and O–H groups in total. The smallest absolute Gasteiger partial charge is 0.319 e. The maximum absolute atomic E-state index is 11.6. The van der Waals surface area contributed by atoms with Crippen molar-refractivity contribution < 1.29 is 4.92 Å². The normalized spacial score (nSPS) is 10.5. The van der Waals surface area contributed by atoms with Crippen molar-refractivity contribution >= 4 is 39.6 Å². The third-order valence-electron chi connectivity index (χ3n) is 3.42. The van der Waals surface area contributed by atoms with Gasteiger partial charge in [-0.1, -0.05) is 0 Å². The van der Waals surface area contributed by atoms with Crippen LogP contribution in [0.3, 0.4) is 0 Å². The van der Waals surface area contributed by atoms with E-state index in [4.69, 9.17) is 0 Å². The second-order valence-corrected chi connectivity index (χ2v) is 6.51. The summed E-state index contributed by atoms with van der Waals surface area (Å²) in [6.45, 7) is 5.71. The molecule has 9 nitrogen and oxygen atoms in total. The lowest BCUT2D eigenvalue weighted by Crippen LogP contribution is -2.06. The summed E-state index contributed by atoms with van der Waals surface area (Å²) in [5.41, 5.74) is 1.57. The standard InChI is InChI=1S/C15H15N7O2S/c1-8-4-5-16-11(6-8)20-13-12(22(23)24)14(18-7-17-13)21-15-19-9(2)10(3)25-15/h4-7H,1-3H3,(H2,16,17,18,19,20,21). The molecule has 0 unspecified atom stereocenters. The van der Waals surface area contributed by atoms with Gasteiger partial charge >= 0.3 is 5.69 Å². The minimum Gasteiger partial charge on any atom is -0.319 e. The Kier molecular flexibility index (Phi) is 4.52. The van der Waals surface area contributed by atoms with Crippen molar-refractivity contribution in [2.45, 2.75) is 20.8 Å². The highest BCUT2D eigenvalue weighted by molar-refractivity contribution is 7.15. The molecule has 0 aromatic carbocycles. The number of pyridine rings is 1. The molecule has 3 heterocycles. The van der Waals surface area contributed by atoms with Crippen LogP contribution in [-0.2, 0) is 0 Å². The van der Waals surface area contributed by atoms with Crippen LogP contribution in [0.5, 0.6) is 0 Å². The van der Waals surface area contributed by atoms with Gasteiger partial charge in [-0.15, -0.1) is 11.3 Å². The summed E-state index contributed by atoms with van der Waals surface area (Å²) in [7, 11) is 0. The van der Waals surface area contributed by atoms with Crippen molar-refractivity contribution in [3.63, 3.8) is 0 Å². The average molecular weight is 357 g/mol. The number of aromatic nitrogens is 4. The summed E-state index contributed by atoms with van der Waals surface area (Å²) in [5, 5.41) is 17.9. The number of hydrogen-bond donors (Lipinski definition) is 2. The highest BCUT2D eigenvalue weighted by atomic mass is 32.1. The highest BCUT2D eigenvalue weighted by Gasteiger charge is 2.24. The number of nitrogens with zero attached hydrogens (tertiary/aromatic N) is 5. The van der Waals surface area contributed by atoms with Crippen molar-refractivity contribution in [2.24, 2.45) is 0 Å². The predicted octanol–water partition coefficient (Wildman–Crippen LogP) is 3.65. The van der Waals surface area contributed by atoms with Gasteiger partial charge in [0.25, 0.3) is 0 Å². The van der Waals surface area contributed by atoms with Crippen LogP contribution in [-0.4, -0.2) is 24.9 Å². The van der Waals surface area contributed by atoms with Gasteiger partial charge in [-0.3, -0.25) is 10.1 Å². The first-order valence-corrected chi connectivity index (χ1v) is 8.16. The summed E-state index contributed by atoms with van der Waals surface area (Å²) >= 11 is 1.40. The van der Waals surface area contributed by atoms with Gasteiger partial charge in [0, 0.05) is 11.1 Å². The van der Waals surface area contributed by atoms with E-state index in [1.165, 1.54) is 17.7 Å². The quantitative estimate of drug-likeness (QED) is 0.524. The van der Waals surface area contributed by atoms with Crippen LogP contribution in [0.15, 0.2) is 24.7 Å². The molecule has 0 radical (unpaired) electrons. The fraction of sp³-hybridized carbons (Fsp3) is 0.200. The van der Waals surface area contributed by atoms with E-state index in [0.717, 1.165) is 16.1 Å². The largest absolute Gasteiger partial charge is 0.354 e. The Hall–Kier alpha value is -3.14. The first-order valence-electron chi connectivity index (χ1n) is 7.34. The van der Waals surface area contributed by atoms with E-state index >= 15 is 0 Å². The predicted molar refractivity (Wildman–Crippen MR) is 95.8 cm³/mol. The van der Waals surface area contributed by atoms with Crippen LogP contribution >= 0.6 is 11.3 Å². The molecule has 3 aromatic rings. The minimum atomic E-state index is -0.534. The summed E-state index contributed by atoms with van der Waals surface area (Å²) in [6, 6.07) is 3.60. The molecule has 3 rings (SSSR count). The maximum atomic E-state index is 11.6. The van der Waals surface area contributed by atoms with Crippen LogP contribution < -0.4 is 10.6 Å². The molecule has 0 saturated carbocycles. The summed E-state index contributed by atoms with van der Waals surface area (Å²) in [6.07, 6.45) is 2.87. The zero-order chi connectivity index (χ0) is 18.0. The van der Waals surface area contributed by atoms with E-state index in [2.05, 4.69) is 30.6 Å². The van der Waals surface area contributed by atoms with Gasteiger partial charge in [0.15, 0.2) is 5.13 Å². The van der Waals surface area contributed by atoms with E-state index in [1.807, 2.05) is 26.8 Å². The summed E-state index contributed by atoms with van der Waals surface area (Å²) in [5.74, 6) is 0.600. The van der Waals surface area contributed by atoms with E-state index in [0.29, 0.717) is 10.9 Å². The van der Waals surface area contributed by atoms with Crippen LogP contribution in [0.25, 0.3) is 0 Å². The molecule has 0 aliphatic heterocycles. The third-order valence-corrected chi connectivity index (χ3v) is 4.41. The SMILES string of the molecule is Cc1ccnc(Nc2ncnc(Nc3nc(C)c(C)s3)c2[N+](=O)[O-])c1. The molecular formula is C15H15N7O2S. The van der Waals surface area contributed by atoms with Crippen molar-refractivity contribution in [3.8, 4) is 0 Å². The average Bonchev–Trinajstić information content (AvgIpc) is 2.85. The second kappa shape index (κ2) is 6.77. The fourth-order valence-electron chi connectivity index (χ4n) is 2.09. The zero-order valence-corrected chi connectivity index (χ0v) is 14.6. The van der Waals surface area contributed by atoms with Gasteiger partial charge in [0.05, 0.1) is 10.6 Å². The Bertz CT molecular complexity index is 922. The Labute approximate surface area is 147 Å². The maximum Gasteiger partial charge on any atom is 0.354 e. The Morgan fingerprint density at radius 1 is 1.12 bits per heavy atom. The number of anilines is 4. The lowest BCUT2D eigenvalue weighted by atomic mass is 10.3. The van der Waals surface area contributed by atoms with Gasteiger partial charge in [0.2, 0.25) is 11.6 Å². The number of thiazole rings is 1. The van der Waals surface area contributed by atoms with Gasteiger partial charge in [-0.2, -0.15) is 0 Å². The monoisotopic (exact) mass is 357 g/mol. The summed E-state index contributed by atoms with van der Waals surface area (Å²) < 4.78 is 0. The van der Waals surface area contributed by atoms with E-state index in [1.54, 1.807) is 12.3 Å². The molecule has 25 heavy (non-hydrogen) atoms. The highest BCUT2D eigenvalue weighted by Crippen LogP contribution is 2.34. The molecule has 0 atom stereocenters. The van der Waals surface area contributed by atoms with Crippen molar-refractivity contribution in [1.82, 2.24) is 19.9 Å². The third kappa shape index (κ3) is 3.69. The molecule has 3 aromatic heterocycles. The molecule has 0 saturated heterocycles. The molecule has 0 bridgehead atoms. The molecule has 0 aliphatic rings. The first kappa shape index (κ1) is 16.7. The number of nitro groups is 1. The van der Waals surface area contributed by atoms with Crippen molar-refractivity contribution in [1.29, 1.82) is 0 Å². The van der Waals surface area contributed by atoms with Crippen molar-refractivity contribution in [2.75, 3.05) is 10.6 Å². The number of rotatable bonds is 5. The molecule has 0 spiro atoms. The van der Waals surface area contributed by atoms with Gasteiger partial charge < -0.3 is 10.6 Å². The van der Waals surface area contributed by atoms with Gasteiger partial charge in [0.1, 0.15) is 12.1 Å². The van der Waals surface area contributed by atoms with Crippen LogP contribution in [0.2, 0.25) is 0 Å². The van der Waals surface area contributed by atoms with E-state index < -0.39 is 4.92 Å². The van der Waals surface area contributed by atoms with Crippen molar-refractivity contribution in [3.05, 3.63) is 50.9 Å². The first-order chi connectivity index (χ1) is 11.9. The van der Waals surface area contributed by atoms with E-state index in [-0.39, 0.29) is 17.3 Å². The Balaban J connectivity index is 1.97. The molecule has 128 valence electrons. The zero-order valence-electron chi connectivity index (χ0n) is 13.8. The van der Waals surface area contributed by atoms with Crippen LogP contribution in [0, 0.1) is 30.9 Å². The van der Waals surface area contributed by atoms with Gasteiger partial charge in [-0.05, 0) is 38.5 Å². The van der Waals surface area contributed by atoms with Gasteiger partial charge in [-0.25, -0.2) is 19.9 Å². The number of hydrogen-bond acceptors (Lipinski definition) is 9. The Morgan fingerprint density at radius 3 is 2.44 bits per heavy atom. The minimum absolute atomic E-state index is 0.0607. The Morgan fingerprint density at radius 2 is 1.84 bits per heavy atom. The summed E-state index contributed by atoms with van der Waals surface area (Å²) in [4.78, 5) is 28.5. The molecule has 0 amide bonds. The van der Waals surface area contributed by atoms with Crippen LogP contribution in [0.4, 0.5) is 28.3 Å². The number of nitrogens with one attached hydrogen (secondary N) is 2. The van der Waals surface area contributed by atoms with Crippen LogP contribution in [0.1, 0.15) is 16.1 Å². The number of aryl methyl sites for hydroxylation is 3. The topological polar surface area (TPSA) is 119 Å². The van der Waals surface area contributed by atoms with E-state index in [9.17, 15) is 10.1 Å². The molecule has 0 fully saturated rings. The molecule has 0 aliphatic carbocycles. The lowest BCUT2D eigenvalue weighted by molar-refractivity contribution is -0.383.